The minimum absolute atomic E-state index is 0.0517. The first-order valence-corrected chi connectivity index (χ1v) is 6.47. The van der Waals surface area contributed by atoms with Gasteiger partial charge in [0.15, 0.2) is 0 Å². The molecule has 1 aromatic rings. The molecule has 17 heavy (non-hydrogen) atoms. The van der Waals surface area contributed by atoms with Gasteiger partial charge in [-0.25, -0.2) is 4.79 Å². The fourth-order valence-corrected chi connectivity index (χ4v) is 1.89. The van der Waals surface area contributed by atoms with E-state index in [0.29, 0.717) is 6.42 Å². The van der Waals surface area contributed by atoms with Gasteiger partial charge in [0, 0.05) is 15.7 Å². The molecule has 0 atom stereocenters. The summed E-state index contributed by atoms with van der Waals surface area (Å²) in [5.74, 6) is 0. The van der Waals surface area contributed by atoms with Crippen LogP contribution in [0.5, 0.6) is 0 Å². The van der Waals surface area contributed by atoms with Crippen LogP contribution in [0.3, 0.4) is 0 Å². The van der Waals surface area contributed by atoms with Crippen molar-refractivity contribution in [3.63, 3.8) is 0 Å². The first-order valence-electron chi connectivity index (χ1n) is 5.39. The number of para-hydroxylation sites is 1. The van der Waals surface area contributed by atoms with Gasteiger partial charge in [-0.1, -0.05) is 12.1 Å². The van der Waals surface area contributed by atoms with E-state index < -0.39 is 5.54 Å². The van der Waals surface area contributed by atoms with Gasteiger partial charge in [0.05, 0.1) is 5.69 Å². The van der Waals surface area contributed by atoms with E-state index in [2.05, 4.69) is 33.2 Å². The Labute approximate surface area is 115 Å². The van der Waals surface area contributed by atoms with Crippen molar-refractivity contribution < 1.29 is 9.90 Å². The molecule has 1 rings (SSSR count). The molecule has 0 bridgehead atoms. The van der Waals surface area contributed by atoms with Gasteiger partial charge in [0.1, 0.15) is 0 Å². The first kappa shape index (κ1) is 14.2. The number of urea groups is 1. The van der Waals surface area contributed by atoms with Gasteiger partial charge in [-0.05, 0) is 55.0 Å². The number of aliphatic hydroxyl groups excluding tert-OH is 1. The summed E-state index contributed by atoms with van der Waals surface area (Å²) in [6.07, 6.45) is 0.520. The molecule has 0 saturated heterocycles. The third-order valence-electron chi connectivity index (χ3n) is 2.31. The molecule has 0 fully saturated rings. The van der Waals surface area contributed by atoms with Crippen molar-refractivity contribution >= 4 is 34.3 Å². The number of carbonyl (C=O) groups excluding carboxylic acids is 1. The Morgan fingerprint density at radius 3 is 2.65 bits per heavy atom. The molecule has 5 heteroatoms. The molecule has 0 aliphatic carbocycles. The molecule has 0 unspecified atom stereocenters. The summed E-state index contributed by atoms with van der Waals surface area (Å²) < 4.78 is 0.986. The Balaban J connectivity index is 2.59. The van der Waals surface area contributed by atoms with E-state index in [0.717, 1.165) is 9.26 Å². The second kappa shape index (κ2) is 6.20. The van der Waals surface area contributed by atoms with Crippen LogP contribution in [-0.4, -0.2) is 23.3 Å². The zero-order valence-corrected chi connectivity index (χ0v) is 12.1. The van der Waals surface area contributed by atoms with E-state index in [9.17, 15) is 4.79 Å². The van der Waals surface area contributed by atoms with Crippen LogP contribution in [0.25, 0.3) is 0 Å². The molecule has 0 spiro atoms. The molecule has 0 saturated carbocycles. The number of rotatable bonds is 4. The van der Waals surface area contributed by atoms with E-state index in [-0.39, 0.29) is 12.6 Å². The van der Waals surface area contributed by atoms with Gasteiger partial charge in [-0.2, -0.15) is 0 Å². The van der Waals surface area contributed by atoms with E-state index in [1.165, 1.54) is 0 Å². The maximum Gasteiger partial charge on any atom is 0.319 e. The molecule has 3 N–H and O–H groups in total. The lowest BCUT2D eigenvalue weighted by molar-refractivity contribution is 0.218. The van der Waals surface area contributed by atoms with E-state index >= 15 is 0 Å². The molecule has 0 aliphatic heterocycles. The summed E-state index contributed by atoms with van der Waals surface area (Å²) in [6, 6.07) is 7.31. The Morgan fingerprint density at radius 2 is 2.06 bits per heavy atom. The Bertz CT molecular complexity index is 394. The van der Waals surface area contributed by atoms with Crippen molar-refractivity contribution in [3.8, 4) is 0 Å². The lowest BCUT2D eigenvalue weighted by Crippen LogP contribution is -2.46. The van der Waals surface area contributed by atoms with Gasteiger partial charge in [-0.3, -0.25) is 0 Å². The van der Waals surface area contributed by atoms with Gasteiger partial charge in [-0.15, -0.1) is 0 Å². The summed E-state index contributed by atoms with van der Waals surface area (Å²) in [5, 5.41) is 14.5. The van der Waals surface area contributed by atoms with Gasteiger partial charge < -0.3 is 15.7 Å². The molecule has 2 amide bonds. The zero-order chi connectivity index (χ0) is 12.9. The van der Waals surface area contributed by atoms with E-state index in [4.69, 9.17) is 5.11 Å². The first-order chi connectivity index (χ1) is 7.94. The fraction of sp³-hybridized carbons (Fsp3) is 0.417. The van der Waals surface area contributed by atoms with Crippen molar-refractivity contribution in [2.75, 3.05) is 11.9 Å². The number of amides is 2. The number of halogens is 1. The Hall–Kier alpha value is -0.820. The van der Waals surface area contributed by atoms with Crippen LogP contribution in [0, 0.1) is 3.57 Å². The molecule has 0 aromatic heterocycles. The molecular formula is C12H17IN2O2. The maximum absolute atomic E-state index is 11.7. The molecule has 0 aliphatic rings. The predicted molar refractivity (Wildman–Crippen MR) is 77.1 cm³/mol. The minimum Gasteiger partial charge on any atom is -0.396 e. The molecule has 0 radical (unpaired) electrons. The molecule has 4 nitrogen and oxygen atoms in total. The lowest BCUT2D eigenvalue weighted by Gasteiger charge is -2.25. The third-order valence-corrected chi connectivity index (χ3v) is 3.25. The van der Waals surface area contributed by atoms with Crippen LogP contribution in [0.2, 0.25) is 0 Å². The quantitative estimate of drug-likeness (QED) is 0.733. The Morgan fingerprint density at radius 1 is 1.41 bits per heavy atom. The molecule has 94 valence electrons. The van der Waals surface area contributed by atoms with Crippen LogP contribution in [0.4, 0.5) is 10.5 Å². The van der Waals surface area contributed by atoms with Crippen molar-refractivity contribution in [3.05, 3.63) is 27.8 Å². The highest BCUT2D eigenvalue weighted by Gasteiger charge is 2.19. The highest BCUT2D eigenvalue weighted by atomic mass is 127. The molecule has 1 aromatic carbocycles. The normalized spacial score (nSPS) is 11.1. The number of nitrogens with one attached hydrogen (secondary N) is 2. The maximum atomic E-state index is 11.7. The molecule has 0 heterocycles. The number of benzene rings is 1. The van der Waals surface area contributed by atoms with E-state index in [1.54, 1.807) is 0 Å². The van der Waals surface area contributed by atoms with Crippen molar-refractivity contribution in [1.29, 1.82) is 0 Å². The standard InChI is InChI=1S/C12H17IN2O2/c1-12(2,7-8-16)15-11(17)14-10-6-4-3-5-9(10)13/h3-6,16H,7-8H2,1-2H3,(H2,14,15,17). The van der Waals surface area contributed by atoms with Crippen LogP contribution in [0.1, 0.15) is 20.3 Å². The van der Waals surface area contributed by atoms with Crippen LogP contribution >= 0.6 is 22.6 Å². The minimum atomic E-state index is -0.418. The average Bonchev–Trinajstić information content (AvgIpc) is 2.20. The summed E-state index contributed by atoms with van der Waals surface area (Å²) >= 11 is 2.17. The highest BCUT2D eigenvalue weighted by molar-refractivity contribution is 14.1. The Kier molecular flexibility index (Phi) is 5.20. The average molecular weight is 348 g/mol. The second-order valence-electron chi connectivity index (χ2n) is 4.42. The lowest BCUT2D eigenvalue weighted by atomic mass is 10.0. The zero-order valence-electron chi connectivity index (χ0n) is 9.96. The predicted octanol–water partition coefficient (Wildman–Crippen LogP) is 2.57. The number of carbonyl (C=O) groups is 1. The van der Waals surface area contributed by atoms with E-state index in [1.807, 2.05) is 38.1 Å². The highest BCUT2D eigenvalue weighted by Crippen LogP contribution is 2.17. The SMILES string of the molecule is CC(C)(CCO)NC(=O)Nc1ccccc1I. The topological polar surface area (TPSA) is 61.4 Å². The fourth-order valence-electron chi connectivity index (χ4n) is 1.37. The second-order valence-corrected chi connectivity index (χ2v) is 5.58. The summed E-state index contributed by atoms with van der Waals surface area (Å²) in [4.78, 5) is 11.7. The largest absolute Gasteiger partial charge is 0.396 e. The van der Waals surface area contributed by atoms with Crippen molar-refractivity contribution in [2.24, 2.45) is 0 Å². The monoisotopic (exact) mass is 348 g/mol. The number of hydrogen-bond donors (Lipinski definition) is 3. The van der Waals surface area contributed by atoms with Crippen LogP contribution in [0.15, 0.2) is 24.3 Å². The van der Waals surface area contributed by atoms with Crippen molar-refractivity contribution in [2.45, 2.75) is 25.8 Å². The third kappa shape index (κ3) is 4.91. The van der Waals surface area contributed by atoms with Crippen molar-refractivity contribution in [1.82, 2.24) is 5.32 Å². The summed E-state index contributed by atoms with van der Waals surface area (Å²) in [5.41, 5.74) is 0.365. The number of aliphatic hydroxyl groups is 1. The van der Waals surface area contributed by atoms with Crippen LogP contribution < -0.4 is 10.6 Å². The van der Waals surface area contributed by atoms with Gasteiger partial charge in [0.2, 0.25) is 0 Å². The summed E-state index contributed by atoms with van der Waals surface area (Å²) in [6.45, 7) is 3.80. The number of anilines is 1. The number of hydrogen-bond acceptors (Lipinski definition) is 2. The van der Waals surface area contributed by atoms with Gasteiger partial charge in [0.25, 0.3) is 0 Å². The molecular weight excluding hydrogens is 331 g/mol. The van der Waals surface area contributed by atoms with Gasteiger partial charge >= 0.3 is 6.03 Å². The smallest absolute Gasteiger partial charge is 0.319 e. The summed E-state index contributed by atoms with van der Waals surface area (Å²) in [7, 11) is 0. The van der Waals surface area contributed by atoms with Crippen LogP contribution in [-0.2, 0) is 0 Å².